The van der Waals surface area contributed by atoms with Gasteiger partial charge < -0.3 is 10.7 Å². The van der Waals surface area contributed by atoms with E-state index >= 15 is 0 Å². The summed E-state index contributed by atoms with van der Waals surface area (Å²) in [6.45, 7) is 3.70. The Morgan fingerprint density at radius 1 is 1.75 bits per heavy atom. The van der Waals surface area contributed by atoms with E-state index in [-0.39, 0.29) is 11.9 Å². The summed E-state index contributed by atoms with van der Waals surface area (Å²) in [6.07, 6.45) is 0.764. The fourth-order valence-electron chi connectivity index (χ4n) is 0.326. The van der Waals surface area contributed by atoms with E-state index in [1.807, 2.05) is 13.8 Å². The summed E-state index contributed by atoms with van der Waals surface area (Å²) in [5.41, 5.74) is 0. The molecular weight excluding hydrogens is 104 g/mol. The van der Waals surface area contributed by atoms with E-state index in [1.54, 1.807) is 0 Å². The second-order valence-electron chi connectivity index (χ2n) is 1.81. The molecule has 0 fully saturated rings. The average Bonchev–Trinajstić information content (AvgIpc) is 1.65. The van der Waals surface area contributed by atoms with Crippen molar-refractivity contribution in [1.29, 1.82) is 5.41 Å². The summed E-state index contributed by atoms with van der Waals surface area (Å²) < 4.78 is 0. The number of rotatable bonds is 2. The van der Waals surface area contributed by atoms with Crippen LogP contribution in [0.15, 0.2) is 0 Å². The molecule has 0 heterocycles. The highest BCUT2D eigenvalue weighted by Gasteiger charge is 1.94. The van der Waals surface area contributed by atoms with Crippen molar-refractivity contribution < 1.29 is 4.79 Å². The molecule has 0 radical (unpaired) electrons. The van der Waals surface area contributed by atoms with Crippen LogP contribution in [-0.4, -0.2) is 18.2 Å². The molecule has 0 bridgehead atoms. The number of amides is 1. The molecule has 0 aliphatic rings. The van der Waals surface area contributed by atoms with E-state index < -0.39 is 0 Å². The lowest BCUT2D eigenvalue weighted by Crippen LogP contribution is -2.30. The van der Waals surface area contributed by atoms with Crippen LogP contribution in [0.25, 0.3) is 0 Å². The highest BCUT2D eigenvalue weighted by Crippen LogP contribution is 1.72. The zero-order valence-corrected chi connectivity index (χ0v) is 5.06. The van der Waals surface area contributed by atoms with Gasteiger partial charge in [-0.15, -0.1) is 0 Å². The second kappa shape index (κ2) is 3.18. The third-order valence-corrected chi connectivity index (χ3v) is 0.562. The normalized spacial score (nSPS) is 8.88. The van der Waals surface area contributed by atoms with E-state index in [1.165, 1.54) is 0 Å². The molecule has 1 amide bonds. The Balaban J connectivity index is 3.39. The minimum atomic E-state index is -0.333. The fraction of sp³-hybridized carbons (Fsp3) is 0.600. The van der Waals surface area contributed by atoms with E-state index in [0.717, 1.165) is 6.21 Å². The van der Waals surface area contributed by atoms with Gasteiger partial charge in [0, 0.05) is 6.04 Å². The summed E-state index contributed by atoms with van der Waals surface area (Å²) in [5.74, 6) is -0.333. The molecule has 0 aliphatic carbocycles. The van der Waals surface area contributed by atoms with E-state index in [9.17, 15) is 4.79 Å². The monoisotopic (exact) mass is 114 g/mol. The zero-order valence-electron chi connectivity index (χ0n) is 5.06. The third-order valence-electron chi connectivity index (χ3n) is 0.562. The average molecular weight is 114 g/mol. The third kappa shape index (κ3) is 3.33. The molecule has 0 saturated carbocycles. The Morgan fingerprint density at radius 3 is 2.38 bits per heavy atom. The molecule has 0 aromatic rings. The quantitative estimate of drug-likeness (QED) is 0.494. The standard InChI is InChI=1S/C5H10N2O/c1-4(2)7-5(8)3-6/h3-4,6H,1-2H3,(H,7,8). The molecule has 8 heavy (non-hydrogen) atoms. The molecule has 0 aromatic heterocycles. The maximum absolute atomic E-state index is 10.3. The molecule has 0 saturated heterocycles. The van der Waals surface area contributed by atoms with Crippen molar-refractivity contribution in [3.05, 3.63) is 0 Å². The lowest BCUT2D eigenvalue weighted by atomic mass is 10.4. The Hall–Kier alpha value is -0.860. The van der Waals surface area contributed by atoms with E-state index in [4.69, 9.17) is 5.41 Å². The van der Waals surface area contributed by atoms with Crippen molar-refractivity contribution in [2.24, 2.45) is 0 Å². The first-order valence-corrected chi connectivity index (χ1v) is 2.47. The van der Waals surface area contributed by atoms with E-state index in [2.05, 4.69) is 5.32 Å². The van der Waals surface area contributed by atoms with Gasteiger partial charge in [0.15, 0.2) is 0 Å². The summed E-state index contributed by atoms with van der Waals surface area (Å²) in [6, 6.07) is 0.129. The zero-order chi connectivity index (χ0) is 6.57. The van der Waals surface area contributed by atoms with Crippen molar-refractivity contribution in [2.45, 2.75) is 19.9 Å². The molecule has 0 unspecified atom stereocenters. The minimum Gasteiger partial charge on any atom is -0.349 e. The van der Waals surface area contributed by atoms with Crippen LogP contribution >= 0.6 is 0 Å². The minimum absolute atomic E-state index is 0.129. The van der Waals surface area contributed by atoms with Crippen LogP contribution in [-0.2, 0) is 4.79 Å². The number of nitrogens with one attached hydrogen (secondary N) is 2. The van der Waals surface area contributed by atoms with Crippen LogP contribution in [0.1, 0.15) is 13.8 Å². The topological polar surface area (TPSA) is 53.0 Å². The molecule has 0 aliphatic heterocycles. The van der Waals surface area contributed by atoms with Crippen LogP contribution in [0.2, 0.25) is 0 Å². The van der Waals surface area contributed by atoms with Crippen molar-refractivity contribution in [2.75, 3.05) is 0 Å². The molecule has 0 spiro atoms. The van der Waals surface area contributed by atoms with Gasteiger partial charge in [0.2, 0.25) is 0 Å². The lowest BCUT2D eigenvalue weighted by Gasteiger charge is -2.02. The Bertz CT molecular complexity index is 98.6. The second-order valence-corrected chi connectivity index (χ2v) is 1.81. The van der Waals surface area contributed by atoms with Gasteiger partial charge in [0.25, 0.3) is 5.91 Å². The van der Waals surface area contributed by atoms with E-state index in [0.29, 0.717) is 0 Å². The molecule has 3 heteroatoms. The maximum atomic E-state index is 10.3. The molecule has 3 nitrogen and oxygen atoms in total. The summed E-state index contributed by atoms with van der Waals surface area (Å²) >= 11 is 0. The predicted octanol–water partition coefficient (Wildman–Crippen LogP) is 0.161. The van der Waals surface area contributed by atoms with Crippen LogP contribution in [0.5, 0.6) is 0 Å². The molecule has 2 N–H and O–H groups in total. The number of carbonyl (C=O) groups is 1. The first-order chi connectivity index (χ1) is 3.66. The number of hydrogen-bond acceptors (Lipinski definition) is 2. The van der Waals surface area contributed by atoms with Crippen LogP contribution < -0.4 is 5.32 Å². The van der Waals surface area contributed by atoms with Crippen molar-refractivity contribution in [3.8, 4) is 0 Å². The van der Waals surface area contributed by atoms with Gasteiger partial charge in [0.05, 0.1) is 6.21 Å². The first-order valence-electron chi connectivity index (χ1n) is 2.47. The van der Waals surface area contributed by atoms with Crippen molar-refractivity contribution >= 4 is 12.1 Å². The first kappa shape index (κ1) is 7.14. The van der Waals surface area contributed by atoms with Gasteiger partial charge in [0.1, 0.15) is 0 Å². The molecule has 46 valence electrons. The highest BCUT2D eigenvalue weighted by atomic mass is 16.1. The van der Waals surface area contributed by atoms with Crippen LogP contribution in [0, 0.1) is 5.41 Å². The van der Waals surface area contributed by atoms with Crippen molar-refractivity contribution in [1.82, 2.24) is 5.32 Å². The Kier molecular flexibility index (Phi) is 2.84. The van der Waals surface area contributed by atoms with Gasteiger partial charge >= 0.3 is 0 Å². The van der Waals surface area contributed by atoms with Crippen molar-refractivity contribution in [3.63, 3.8) is 0 Å². The van der Waals surface area contributed by atoms with Gasteiger partial charge in [-0.2, -0.15) is 0 Å². The van der Waals surface area contributed by atoms with Gasteiger partial charge in [-0.05, 0) is 13.8 Å². The summed E-state index contributed by atoms with van der Waals surface area (Å²) in [5, 5.41) is 8.98. The van der Waals surface area contributed by atoms with Gasteiger partial charge in [-0.3, -0.25) is 4.79 Å². The molecular formula is C5H10N2O. The predicted molar refractivity (Wildman–Crippen MR) is 32.1 cm³/mol. The van der Waals surface area contributed by atoms with Crippen LogP contribution in [0.3, 0.4) is 0 Å². The smallest absolute Gasteiger partial charge is 0.261 e. The maximum Gasteiger partial charge on any atom is 0.261 e. The summed E-state index contributed by atoms with van der Waals surface area (Å²) in [7, 11) is 0. The Labute approximate surface area is 48.6 Å². The summed E-state index contributed by atoms with van der Waals surface area (Å²) in [4.78, 5) is 10.3. The van der Waals surface area contributed by atoms with Gasteiger partial charge in [-0.25, -0.2) is 0 Å². The Morgan fingerprint density at radius 2 is 2.25 bits per heavy atom. The SMILES string of the molecule is CC(C)NC(=O)C=N. The molecule has 0 atom stereocenters. The van der Waals surface area contributed by atoms with Crippen LogP contribution in [0.4, 0.5) is 0 Å². The number of carbonyl (C=O) groups excluding carboxylic acids is 1. The fourth-order valence-corrected chi connectivity index (χ4v) is 0.326. The van der Waals surface area contributed by atoms with Gasteiger partial charge in [-0.1, -0.05) is 0 Å². The number of hydrogen-bond donors (Lipinski definition) is 2. The molecule has 0 aromatic carbocycles. The lowest BCUT2D eigenvalue weighted by molar-refractivity contribution is -0.114. The molecule has 0 rings (SSSR count). The highest BCUT2D eigenvalue weighted by molar-refractivity contribution is 6.24. The largest absolute Gasteiger partial charge is 0.349 e.